The number of amides is 1. The van der Waals surface area contributed by atoms with Crippen LogP contribution in [0.15, 0.2) is 103 Å². The molecule has 1 aliphatic rings. The first kappa shape index (κ1) is 24.9. The lowest BCUT2D eigenvalue weighted by atomic mass is 9.94. The molecule has 0 saturated carbocycles. The molecule has 0 bridgehead atoms. The van der Waals surface area contributed by atoms with Gasteiger partial charge in [0, 0.05) is 24.5 Å². The third-order valence-electron chi connectivity index (χ3n) is 6.49. The van der Waals surface area contributed by atoms with E-state index in [1.54, 1.807) is 42.7 Å². The second-order valence-corrected chi connectivity index (χ2v) is 9.09. The number of aromatic nitrogens is 1. The van der Waals surface area contributed by atoms with Crippen molar-refractivity contribution < 1.29 is 23.8 Å². The van der Waals surface area contributed by atoms with E-state index in [2.05, 4.69) is 4.98 Å². The molecule has 0 unspecified atom stereocenters. The Morgan fingerprint density at radius 3 is 2.39 bits per heavy atom. The van der Waals surface area contributed by atoms with Crippen LogP contribution in [0, 0.1) is 12.7 Å². The van der Waals surface area contributed by atoms with Gasteiger partial charge in [0.15, 0.2) is 0 Å². The summed E-state index contributed by atoms with van der Waals surface area (Å²) in [5.41, 5.74) is 3.33. The van der Waals surface area contributed by atoms with Crippen LogP contribution in [0.1, 0.15) is 33.9 Å². The van der Waals surface area contributed by atoms with E-state index in [0.29, 0.717) is 23.5 Å². The van der Waals surface area contributed by atoms with Gasteiger partial charge in [-0.05, 0) is 65.6 Å². The minimum Gasteiger partial charge on any atom is -0.507 e. The van der Waals surface area contributed by atoms with Crippen LogP contribution in [-0.2, 0) is 22.7 Å². The number of carbonyl (C=O) groups excluding carboxylic acids is 2. The summed E-state index contributed by atoms with van der Waals surface area (Å²) in [6.45, 7) is 2.33. The molecule has 1 N–H and O–H groups in total. The molecule has 5 rings (SSSR count). The zero-order valence-corrected chi connectivity index (χ0v) is 20.7. The van der Waals surface area contributed by atoms with Gasteiger partial charge in [-0.2, -0.15) is 0 Å². The SMILES string of the molecule is Cc1cc(/C(O)=C2\C(=O)C(=O)N(Cc3cccnc3)[C@@H]2c2ccc(F)cc2)ccc1OCc1ccccc1. The van der Waals surface area contributed by atoms with Crippen molar-refractivity contribution in [2.75, 3.05) is 0 Å². The monoisotopic (exact) mass is 508 g/mol. The fourth-order valence-electron chi connectivity index (χ4n) is 4.57. The van der Waals surface area contributed by atoms with Crippen LogP contribution in [0.25, 0.3) is 5.76 Å². The van der Waals surface area contributed by atoms with Crippen LogP contribution < -0.4 is 4.74 Å². The summed E-state index contributed by atoms with van der Waals surface area (Å²) >= 11 is 0. The Morgan fingerprint density at radius 2 is 1.71 bits per heavy atom. The Hall–Kier alpha value is -4.78. The summed E-state index contributed by atoms with van der Waals surface area (Å²) in [6.07, 6.45) is 3.23. The van der Waals surface area contributed by atoms with Crippen molar-refractivity contribution in [2.24, 2.45) is 0 Å². The highest BCUT2D eigenvalue weighted by Gasteiger charge is 2.46. The molecule has 190 valence electrons. The van der Waals surface area contributed by atoms with Gasteiger partial charge in [-0.25, -0.2) is 4.39 Å². The average Bonchev–Trinajstić information content (AvgIpc) is 3.18. The highest BCUT2D eigenvalue weighted by molar-refractivity contribution is 6.46. The van der Waals surface area contributed by atoms with Crippen molar-refractivity contribution in [2.45, 2.75) is 26.1 Å². The lowest BCUT2D eigenvalue weighted by molar-refractivity contribution is -0.140. The van der Waals surface area contributed by atoms with Crippen LogP contribution in [0.2, 0.25) is 0 Å². The molecule has 1 aliphatic heterocycles. The van der Waals surface area contributed by atoms with Gasteiger partial charge < -0.3 is 14.7 Å². The number of aliphatic hydroxyl groups excluding tert-OH is 1. The topological polar surface area (TPSA) is 79.7 Å². The normalized spacial score (nSPS) is 16.6. The second kappa shape index (κ2) is 10.7. The molecule has 3 aromatic carbocycles. The molecule has 2 heterocycles. The standard InChI is InChI=1S/C31H25FN2O4/c1-20-16-24(11-14-26(20)38-19-21-6-3-2-4-7-21)29(35)27-28(23-9-12-25(32)13-10-23)34(31(37)30(27)36)18-22-8-5-15-33-17-22/h2-17,28,35H,18-19H2,1H3/b29-27+/t28-/m1/s1. The molecule has 4 aromatic rings. The molecule has 6 nitrogen and oxygen atoms in total. The number of aliphatic hydroxyl groups is 1. The van der Waals surface area contributed by atoms with Crippen LogP contribution in [0.5, 0.6) is 5.75 Å². The van der Waals surface area contributed by atoms with E-state index in [9.17, 15) is 19.1 Å². The number of pyridine rings is 1. The van der Waals surface area contributed by atoms with Crippen LogP contribution in [0.4, 0.5) is 4.39 Å². The Bertz CT molecular complexity index is 1500. The van der Waals surface area contributed by atoms with Crippen molar-refractivity contribution in [3.05, 3.63) is 137 Å². The molecule has 0 spiro atoms. The van der Waals surface area contributed by atoms with Crippen molar-refractivity contribution in [1.29, 1.82) is 0 Å². The summed E-state index contributed by atoms with van der Waals surface area (Å²) in [6, 6.07) is 23.0. The maximum Gasteiger partial charge on any atom is 0.295 e. The fraction of sp³-hybridized carbons (Fsp3) is 0.129. The second-order valence-electron chi connectivity index (χ2n) is 9.09. The van der Waals surface area contributed by atoms with Crippen LogP contribution in [-0.4, -0.2) is 26.7 Å². The first-order valence-corrected chi connectivity index (χ1v) is 12.1. The largest absolute Gasteiger partial charge is 0.507 e. The summed E-state index contributed by atoms with van der Waals surface area (Å²) in [7, 11) is 0. The number of aryl methyl sites for hydroxylation is 1. The molecule has 1 saturated heterocycles. The van der Waals surface area contributed by atoms with Gasteiger partial charge in [0.2, 0.25) is 0 Å². The maximum atomic E-state index is 13.7. The van der Waals surface area contributed by atoms with Crippen molar-refractivity contribution >= 4 is 17.4 Å². The Kier molecular flexibility index (Phi) is 7.00. The Morgan fingerprint density at radius 1 is 0.974 bits per heavy atom. The molecule has 0 radical (unpaired) electrons. The highest BCUT2D eigenvalue weighted by atomic mass is 19.1. The van der Waals surface area contributed by atoms with Gasteiger partial charge in [0.1, 0.15) is 23.9 Å². The number of Topliss-reactive ketones (excluding diaryl/α,β-unsaturated/α-hetero) is 1. The Labute approximate surface area is 219 Å². The molecule has 1 aromatic heterocycles. The number of hydrogen-bond donors (Lipinski definition) is 1. The number of ketones is 1. The maximum absolute atomic E-state index is 13.7. The molecule has 7 heteroatoms. The van der Waals surface area contributed by atoms with Crippen molar-refractivity contribution in [1.82, 2.24) is 9.88 Å². The number of halogens is 1. The van der Waals surface area contributed by atoms with E-state index in [-0.39, 0.29) is 17.9 Å². The summed E-state index contributed by atoms with van der Waals surface area (Å²) in [4.78, 5) is 31.9. The van der Waals surface area contributed by atoms with Crippen LogP contribution in [0.3, 0.4) is 0 Å². The molecule has 1 atom stereocenters. The number of rotatable bonds is 7. The minimum atomic E-state index is -0.898. The zero-order valence-electron chi connectivity index (χ0n) is 20.7. The van der Waals surface area contributed by atoms with E-state index in [0.717, 1.165) is 16.7 Å². The highest BCUT2D eigenvalue weighted by Crippen LogP contribution is 2.40. The molecule has 1 fully saturated rings. The van der Waals surface area contributed by atoms with E-state index < -0.39 is 23.5 Å². The Balaban J connectivity index is 1.51. The predicted molar refractivity (Wildman–Crippen MR) is 140 cm³/mol. The van der Waals surface area contributed by atoms with E-state index in [1.807, 2.05) is 37.3 Å². The summed E-state index contributed by atoms with van der Waals surface area (Å²) in [5.74, 6) is -1.66. The fourth-order valence-corrected chi connectivity index (χ4v) is 4.57. The molecule has 0 aliphatic carbocycles. The predicted octanol–water partition coefficient (Wildman–Crippen LogP) is 5.73. The first-order chi connectivity index (χ1) is 18.4. The lowest BCUT2D eigenvalue weighted by Gasteiger charge is -2.25. The van der Waals surface area contributed by atoms with Gasteiger partial charge in [0.05, 0.1) is 11.6 Å². The zero-order chi connectivity index (χ0) is 26.6. The van der Waals surface area contributed by atoms with E-state index in [1.165, 1.54) is 29.2 Å². The van der Waals surface area contributed by atoms with E-state index >= 15 is 0 Å². The first-order valence-electron chi connectivity index (χ1n) is 12.1. The minimum absolute atomic E-state index is 0.0529. The number of benzene rings is 3. The third kappa shape index (κ3) is 5.04. The van der Waals surface area contributed by atoms with Crippen molar-refractivity contribution in [3.63, 3.8) is 0 Å². The third-order valence-corrected chi connectivity index (χ3v) is 6.49. The van der Waals surface area contributed by atoms with Gasteiger partial charge in [-0.3, -0.25) is 14.6 Å². The molecular formula is C31H25FN2O4. The smallest absolute Gasteiger partial charge is 0.295 e. The number of hydrogen-bond acceptors (Lipinski definition) is 5. The van der Waals surface area contributed by atoms with E-state index in [4.69, 9.17) is 4.74 Å². The lowest BCUT2D eigenvalue weighted by Crippen LogP contribution is -2.29. The van der Waals surface area contributed by atoms with Crippen molar-refractivity contribution in [3.8, 4) is 5.75 Å². The number of carbonyl (C=O) groups is 2. The summed E-state index contributed by atoms with van der Waals surface area (Å²) < 4.78 is 19.7. The van der Waals surface area contributed by atoms with Gasteiger partial charge >= 0.3 is 0 Å². The van der Waals surface area contributed by atoms with Gasteiger partial charge in [0.25, 0.3) is 11.7 Å². The van der Waals surface area contributed by atoms with Crippen LogP contribution >= 0.6 is 0 Å². The molecular weight excluding hydrogens is 483 g/mol. The number of nitrogens with zero attached hydrogens (tertiary/aromatic N) is 2. The number of ether oxygens (including phenoxy) is 1. The number of likely N-dealkylation sites (tertiary alicyclic amines) is 1. The van der Waals surface area contributed by atoms with Gasteiger partial charge in [-0.1, -0.05) is 48.5 Å². The van der Waals surface area contributed by atoms with Gasteiger partial charge in [-0.15, -0.1) is 0 Å². The average molecular weight is 509 g/mol. The summed E-state index contributed by atoms with van der Waals surface area (Å²) in [5, 5.41) is 11.4. The molecule has 38 heavy (non-hydrogen) atoms. The quantitative estimate of drug-likeness (QED) is 0.196. The molecule has 1 amide bonds.